The topological polar surface area (TPSA) is 298 Å². The van der Waals surface area contributed by atoms with Crippen molar-refractivity contribution in [1.29, 1.82) is 0 Å². The van der Waals surface area contributed by atoms with Crippen molar-refractivity contribution >= 4 is 53.4 Å². The SMILES string of the molecule is Nc1ncnc2c1ncn2[C@@H]1O[C@H](COP(=O)(O)OP(=O)(O)OCc2cn(CCNS(=O)(=O)c3ccc4ccccc4c3)nn2)[C@@H](O)[C@H]1O. The molecule has 2 aromatic carbocycles. The molecule has 24 heteroatoms. The number of hydrogen-bond donors (Lipinski definition) is 6. The Balaban J connectivity index is 0.969. The van der Waals surface area contributed by atoms with Crippen LogP contribution in [0.3, 0.4) is 0 Å². The van der Waals surface area contributed by atoms with Crippen LogP contribution in [-0.2, 0) is 50.4 Å². The third-order valence-electron chi connectivity index (χ3n) is 7.23. The third-order valence-corrected chi connectivity index (χ3v) is 11.3. The molecule has 1 fully saturated rings. The van der Waals surface area contributed by atoms with E-state index in [1.165, 1.54) is 27.8 Å². The zero-order chi connectivity index (χ0) is 35.0. The van der Waals surface area contributed by atoms with E-state index in [1.54, 1.807) is 24.3 Å². The Morgan fingerprint density at radius 2 is 1.76 bits per heavy atom. The number of phosphoric acid groups is 2. The number of aliphatic hydroxyl groups excluding tert-OH is 2. The number of anilines is 1. The number of aliphatic hydroxyl groups is 2. The summed E-state index contributed by atoms with van der Waals surface area (Å²) < 4.78 is 74.6. The zero-order valence-electron chi connectivity index (χ0n) is 25.0. The van der Waals surface area contributed by atoms with Crippen LogP contribution in [0.1, 0.15) is 11.9 Å². The number of nitrogens with two attached hydrogens (primary N) is 1. The summed E-state index contributed by atoms with van der Waals surface area (Å²) in [5.41, 5.74) is 6.16. The van der Waals surface area contributed by atoms with E-state index < -0.39 is 63.4 Å². The molecule has 262 valence electrons. The van der Waals surface area contributed by atoms with Crippen molar-refractivity contribution in [2.24, 2.45) is 0 Å². The molecule has 0 saturated carbocycles. The van der Waals surface area contributed by atoms with E-state index in [9.17, 15) is 37.5 Å². The van der Waals surface area contributed by atoms with Crippen LogP contribution in [0.2, 0.25) is 0 Å². The van der Waals surface area contributed by atoms with Crippen molar-refractivity contribution in [1.82, 2.24) is 39.2 Å². The first kappa shape index (κ1) is 35.1. The standard InChI is InChI=1S/C25H29N9O12P2S/c26-23-20-24(28-13-27-23)34(14-29-20)25-22(36)21(35)19(45-25)12-44-48(39,40)46-47(37,38)43-11-17-10-33(32-31-17)8-7-30-49(41,42)18-6-5-15-3-1-2-4-16(15)9-18/h1-6,9-10,13-14,19,21-22,25,30,35-36H,7-8,11-12H2,(H,37,38)(H,39,40)(H2,26,27,28)/t19-,21-,22-,25-/m1/s1. The largest absolute Gasteiger partial charge is 0.481 e. The van der Waals surface area contributed by atoms with Crippen molar-refractivity contribution in [2.75, 3.05) is 18.9 Å². The lowest BCUT2D eigenvalue weighted by Crippen LogP contribution is -2.33. The summed E-state index contributed by atoms with van der Waals surface area (Å²) in [5, 5.41) is 30.2. The first-order valence-corrected chi connectivity index (χ1v) is 18.7. The molecule has 0 radical (unpaired) electrons. The van der Waals surface area contributed by atoms with Crippen LogP contribution in [0.25, 0.3) is 21.9 Å². The van der Waals surface area contributed by atoms with Crippen LogP contribution in [0, 0.1) is 0 Å². The van der Waals surface area contributed by atoms with E-state index in [4.69, 9.17) is 19.5 Å². The van der Waals surface area contributed by atoms with Crippen LogP contribution in [0.15, 0.2) is 66.2 Å². The van der Waals surface area contributed by atoms with Gasteiger partial charge in [-0.2, -0.15) is 4.31 Å². The molecule has 1 aliphatic heterocycles. The van der Waals surface area contributed by atoms with Gasteiger partial charge >= 0.3 is 15.6 Å². The van der Waals surface area contributed by atoms with Gasteiger partial charge in [-0.1, -0.05) is 35.5 Å². The Hall–Kier alpha value is -3.76. The number of sulfonamides is 1. The van der Waals surface area contributed by atoms with Gasteiger partial charge < -0.3 is 30.5 Å². The summed E-state index contributed by atoms with van der Waals surface area (Å²) >= 11 is 0. The van der Waals surface area contributed by atoms with Gasteiger partial charge in [0, 0.05) is 6.54 Å². The molecular formula is C25H29N9O12P2S. The fraction of sp³-hybridized carbons (Fsp3) is 0.320. The number of benzene rings is 2. The highest BCUT2D eigenvalue weighted by molar-refractivity contribution is 7.89. The molecule has 0 bridgehead atoms. The summed E-state index contributed by atoms with van der Waals surface area (Å²) in [4.78, 5) is 32.0. The van der Waals surface area contributed by atoms with E-state index in [2.05, 4.69) is 34.3 Å². The summed E-state index contributed by atoms with van der Waals surface area (Å²) in [6.45, 7) is -1.58. The second-order valence-electron chi connectivity index (χ2n) is 10.6. The van der Waals surface area contributed by atoms with E-state index in [1.807, 2.05) is 12.1 Å². The molecule has 6 atom stereocenters. The Labute approximate surface area is 276 Å². The Kier molecular flexibility index (Phi) is 9.93. The lowest BCUT2D eigenvalue weighted by molar-refractivity contribution is -0.0504. The van der Waals surface area contributed by atoms with Gasteiger partial charge in [0.2, 0.25) is 10.0 Å². The monoisotopic (exact) mass is 741 g/mol. The highest BCUT2D eigenvalue weighted by atomic mass is 32.2. The summed E-state index contributed by atoms with van der Waals surface area (Å²) in [6, 6.07) is 12.1. The zero-order valence-corrected chi connectivity index (χ0v) is 27.6. The van der Waals surface area contributed by atoms with E-state index >= 15 is 0 Å². The van der Waals surface area contributed by atoms with E-state index in [0.717, 1.165) is 17.1 Å². The number of nitrogen functional groups attached to an aromatic ring is 1. The number of aromatic nitrogens is 7. The minimum atomic E-state index is -5.30. The molecule has 0 aliphatic carbocycles. The van der Waals surface area contributed by atoms with Crippen molar-refractivity contribution < 1.29 is 55.6 Å². The lowest BCUT2D eigenvalue weighted by Gasteiger charge is -2.19. The minimum Gasteiger partial charge on any atom is -0.387 e. The number of nitrogens with one attached hydrogen (secondary N) is 1. The molecule has 7 N–H and O–H groups in total. The van der Waals surface area contributed by atoms with E-state index in [0.29, 0.717) is 0 Å². The van der Waals surface area contributed by atoms with Gasteiger partial charge in [0.15, 0.2) is 17.7 Å². The van der Waals surface area contributed by atoms with Crippen LogP contribution in [0.5, 0.6) is 0 Å². The van der Waals surface area contributed by atoms with Crippen LogP contribution in [0.4, 0.5) is 5.82 Å². The molecule has 1 saturated heterocycles. The number of ether oxygens (including phenoxy) is 1. The number of imidazole rings is 1. The maximum absolute atomic E-state index is 12.7. The first-order valence-electron chi connectivity index (χ1n) is 14.2. The Morgan fingerprint density at radius 3 is 2.55 bits per heavy atom. The van der Waals surface area contributed by atoms with Crippen LogP contribution >= 0.6 is 15.6 Å². The van der Waals surface area contributed by atoms with Gasteiger partial charge in [-0.05, 0) is 22.9 Å². The second-order valence-corrected chi connectivity index (χ2v) is 15.4. The second kappa shape index (κ2) is 13.9. The maximum atomic E-state index is 12.7. The van der Waals surface area contributed by atoms with Crippen LogP contribution < -0.4 is 10.5 Å². The summed E-state index contributed by atoms with van der Waals surface area (Å²) in [5.74, 6) is 0.0637. The normalized spacial score (nSPS) is 22.4. The van der Waals surface area contributed by atoms with Gasteiger partial charge in [0.05, 0.1) is 30.6 Å². The number of phosphoric ester groups is 2. The molecule has 5 aromatic rings. The highest BCUT2D eigenvalue weighted by Crippen LogP contribution is 2.60. The molecule has 4 heterocycles. The van der Waals surface area contributed by atoms with Gasteiger partial charge in [0.25, 0.3) is 0 Å². The molecule has 2 unspecified atom stereocenters. The highest BCUT2D eigenvalue weighted by Gasteiger charge is 2.46. The average Bonchev–Trinajstić information content (AvgIpc) is 3.77. The fourth-order valence-corrected chi connectivity index (χ4v) is 7.98. The number of hydrogen-bond acceptors (Lipinski definition) is 16. The third kappa shape index (κ3) is 8.01. The Bertz CT molecular complexity index is 2180. The quantitative estimate of drug-likeness (QED) is 0.0828. The maximum Gasteiger partial charge on any atom is 0.481 e. The van der Waals surface area contributed by atoms with Crippen molar-refractivity contribution in [3.63, 3.8) is 0 Å². The van der Waals surface area contributed by atoms with E-state index in [-0.39, 0.29) is 40.7 Å². The molecule has 0 amide bonds. The minimum absolute atomic E-state index is 0.00510. The predicted octanol–water partition coefficient (Wildman–Crippen LogP) is 0.202. The van der Waals surface area contributed by atoms with Gasteiger partial charge in [-0.3, -0.25) is 18.3 Å². The fourth-order valence-electron chi connectivity index (χ4n) is 4.87. The average molecular weight is 742 g/mol. The Morgan fingerprint density at radius 1 is 1.00 bits per heavy atom. The number of rotatable bonds is 14. The van der Waals surface area contributed by atoms with Crippen molar-refractivity contribution in [3.05, 3.63) is 67.0 Å². The molecule has 21 nitrogen and oxygen atoms in total. The molecule has 3 aromatic heterocycles. The van der Waals surface area contributed by atoms with Gasteiger partial charge in [-0.25, -0.2) is 37.2 Å². The van der Waals surface area contributed by atoms with Gasteiger partial charge in [-0.15, -0.1) is 5.10 Å². The number of fused-ring (bicyclic) bond motifs is 2. The lowest BCUT2D eigenvalue weighted by atomic mass is 10.1. The molecule has 49 heavy (non-hydrogen) atoms. The number of nitrogens with zero attached hydrogens (tertiary/aromatic N) is 7. The molecular weight excluding hydrogens is 712 g/mol. The molecule has 1 aliphatic rings. The smallest absolute Gasteiger partial charge is 0.387 e. The summed E-state index contributed by atoms with van der Waals surface area (Å²) in [6.07, 6.45) is -2.15. The first-order chi connectivity index (χ1) is 23.2. The van der Waals surface area contributed by atoms with Crippen LogP contribution in [-0.4, -0.2) is 94.4 Å². The summed E-state index contributed by atoms with van der Waals surface area (Å²) in [7, 11) is -14.4. The molecule has 6 rings (SSSR count). The van der Waals surface area contributed by atoms with Gasteiger partial charge in [0.1, 0.15) is 42.5 Å². The van der Waals surface area contributed by atoms with Crippen molar-refractivity contribution in [3.8, 4) is 0 Å². The molecule has 0 spiro atoms. The predicted molar refractivity (Wildman–Crippen MR) is 166 cm³/mol. The van der Waals surface area contributed by atoms with Crippen molar-refractivity contribution in [2.45, 2.75) is 42.6 Å².